The molecule has 1 aromatic carbocycles. The summed E-state index contributed by atoms with van der Waals surface area (Å²) in [5.41, 5.74) is 4.13. The van der Waals surface area contributed by atoms with Crippen molar-refractivity contribution in [2.45, 2.75) is 47.5 Å². The molecule has 0 saturated heterocycles. The Balaban J connectivity index is 2.64. The zero-order chi connectivity index (χ0) is 14.4. The zero-order valence-electron chi connectivity index (χ0n) is 12.9. The monoisotopic (exact) mass is 262 g/mol. The van der Waals surface area contributed by atoms with Crippen LogP contribution < -0.4 is 0 Å². The molecule has 0 aliphatic rings. The Morgan fingerprint density at radius 1 is 1.11 bits per heavy atom. The normalized spacial score (nSPS) is 11.1. The van der Waals surface area contributed by atoms with Crippen LogP contribution in [0.2, 0.25) is 0 Å². The Hall–Kier alpha value is -1.15. The molecule has 0 spiro atoms. The van der Waals surface area contributed by atoms with E-state index in [2.05, 4.69) is 32.9 Å². The average molecular weight is 262 g/mol. The molecule has 1 aromatic rings. The van der Waals surface area contributed by atoms with Gasteiger partial charge in [-0.3, -0.25) is 4.79 Å². The molecule has 2 heteroatoms. The molecular formula is C17H26O2. The fraction of sp³-hybridized carbons (Fsp3) is 0.588. The first-order chi connectivity index (χ1) is 8.99. The minimum absolute atomic E-state index is 0.0981. The van der Waals surface area contributed by atoms with Gasteiger partial charge in [-0.15, -0.1) is 0 Å². The SMILES string of the molecule is CCC(CC)COCC(=O)c1c(C)cc(C)cc1C. The van der Waals surface area contributed by atoms with E-state index in [1.54, 1.807) is 0 Å². The average Bonchev–Trinajstić information content (AvgIpc) is 2.33. The highest BCUT2D eigenvalue weighted by Crippen LogP contribution is 2.17. The molecule has 106 valence electrons. The van der Waals surface area contributed by atoms with Crippen LogP contribution in [-0.4, -0.2) is 19.0 Å². The number of Topliss-reactive ketones (excluding diaryl/α,β-unsaturated/α-hetero) is 1. The number of hydrogen-bond acceptors (Lipinski definition) is 2. The summed E-state index contributed by atoms with van der Waals surface area (Å²) in [5, 5.41) is 0. The van der Waals surface area contributed by atoms with Gasteiger partial charge in [0.05, 0.1) is 0 Å². The summed E-state index contributed by atoms with van der Waals surface area (Å²) in [4.78, 5) is 12.2. The lowest BCUT2D eigenvalue weighted by molar-refractivity contribution is 0.0665. The molecular weight excluding hydrogens is 236 g/mol. The number of rotatable bonds is 7. The van der Waals surface area contributed by atoms with Crippen LogP contribution in [0.15, 0.2) is 12.1 Å². The lowest BCUT2D eigenvalue weighted by Crippen LogP contribution is -2.16. The molecule has 0 N–H and O–H groups in total. The number of carbonyl (C=O) groups excluding carboxylic acids is 1. The van der Waals surface area contributed by atoms with Crippen LogP contribution in [0.1, 0.15) is 53.7 Å². The highest BCUT2D eigenvalue weighted by atomic mass is 16.5. The molecule has 1 rings (SSSR count). The maximum absolute atomic E-state index is 12.2. The highest BCUT2D eigenvalue weighted by molar-refractivity contribution is 5.99. The molecule has 0 aliphatic carbocycles. The summed E-state index contributed by atoms with van der Waals surface area (Å²) in [7, 11) is 0. The summed E-state index contributed by atoms with van der Waals surface area (Å²) < 4.78 is 5.58. The summed E-state index contributed by atoms with van der Waals surface area (Å²) >= 11 is 0. The molecule has 0 bridgehead atoms. The third kappa shape index (κ3) is 4.46. The van der Waals surface area contributed by atoms with Crippen molar-refractivity contribution in [3.63, 3.8) is 0 Å². The van der Waals surface area contributed by atoms with E-state index in [9.17, 15) is 4.79 Å². The molecule has 19 heavy (non-hydrogen) atoms. The van der Waals surface area contributed by atoms with Crippen LogP contribution in [0.25, 0.3) is 0 Å². The van der Waals surface area contributed by atoms with E-state index >= 15 is 0 Å². The first kappa shape index (κ1) is 15.9. The van der Waals surface area contributed by atoms with E-state index < -0.39 is 0 Å². The standard InChI is InChI=1S/C17H26O2/c1-6-15(7-2)10-19-11-16(18)17-13(4)8-12(3)9-14(17)5/h8-9,15H,6-7,10-11H2,1-5H3. The van der Waals surface area contributed by atoms with Crippen molar-refractivity contribution in [1.82, 2.24) is 0 Å². The lowest BCUT2D eigenvalue weighted by atomic mass is 9.97. The Labute approximate surface area is 117 Å². The number of carbonyl (C=O) groups is 1. The lowest BCUT2D eigenvalue weighted by Gasteiger charge is -2.14. The van der Waals surface area contributed by atoms with Crippen LogP contribution in [-0.2, 0) is 4.74 Å². The van der Waals surface area contributed by atoms with Gasteiger partial charge >= 0.3 is 0 Å². The van der Waals surface area contributed by atoms with Crippen molar-refractivity contribution in [2.75, 3.05) is 13.2 Å². The van der Waals surface area contributed by atoms with Crippen molar-refractivity contribution in [1.29, 1.82) is 0 Å². The van der Waals surface area contributed by atoms with Crippen LogP contribution >= 0.6 is 0 Å². The third-order valence-corrected chi connectivity index (χ3v) is 3.70. The van der Waals surface area contributed by atoms with E-state index in [1.165, 1.54) is 5.56 Å². The topological polar surface area (TPSA) is 26.3 Å². The van der Waals surface area contributed by atoms with Gasteiger partial charge in [0.25, 0.3) is 0 Å². The van der Waals surface area contributed by atoms with E-state index in [4.69, 9.17) is 4.74 Å². The summed E-state index contributed by atoms with van der Waals surface area (Å²) in [5.74, 6) is 0.661. The molecule has 0 amide bonds. The second-order valence-corrected chi connectivity index (χ2v) is 5.39. The molecule has 0 unspecified atom stereocenters. The molecule has 0 fully saturated rings. The quantitative estimate of drug-likeness (QED) is 0.687. The Morgan fingerprint density at radius 2 is 1.63 bits per heavy atom. The largest absolute Gasteiger partial charge is 0.373 e. The van der Waals surface area contributed by atoms with Crippen LogP contribution in [0, 0.1) is 26.7 Å². The minimum atomic E-state index is 0.0981. The second-order valence-electron chi connectivity index (χ2n) is 5.39. The predicted molar refractivity (Wildman–Crippen MR) is 79.9 cm³/mol. The fourth-order valence-electron chi connectivity index (χ4n) is 2.53. The number of ketones is 1. The van der Waals surface area contributed by atoms with Gasteiger partial charge in [0, 0.05) is 12.2 Å². The van der Waals surface area contributed by atoms with Crippen LogP contribution in [0.3, 0.4) is 0 Å². The zero-order valence-corrected chi connectivity index (χ0v) is 12.9. The molecule has 0 aliphatic heterocycles. The third-order valence-electron chi connectivity index (χ3n) is 3.70. The summed E-state index contributed by atoms with van der Waals surface area (Å²) in [6.07, 6.45) is 2.21. The van der Waals surface area contributed by atoms with Gasteiger partial charge in [-0.1, -0.05) is 44.4 Å². The molecule has 0 radical (unpaired) electrons. The van der Waals surface area contributed by atoms with E-state index in [0.717, 1.165) is 29.5 Å². The molecule has 0 heterocycles. The number of hydrogen-bond donors (Lipinski definition) is 0. The van der Waals surface area contributed by atoms with E-state index in [-0.39, 0.29) is 12.4 Å². The molecule has 0 atom stereocenters. The number of benzene rings is 1. The molecule has 0 aromatic heterocycles. The van der Waals surface area contributed by atoms with Crippen molar-refractivity contribution in [2.24, 2.45) is 5.92 Å². The van der Waals surface area contributed by atoms with E-state index in [0.29, 0.717) is 12.5 Å². The number of ether oxygens (including phenoxy) is 1. The van der Waals surface area contributed by atoms with Crippen LogP contribution in [0.5, 0.6) is 0 Å². The molecule has 0 saturated carbocycles. The van der Waals surface area contributed by atoms with Gasteiger partial charge in [-0.25, -0.2) is 0 Å². The van der Waals surface area contributed by atoms with Crippen molar-refractivity contribution in [3.8, 4) is 0 Å². The fourth-order valence-corrected chi connectivity index (χ4v) is 2.53. The first-order valence-corrected chi connectivity index (χ1v) is 7.18. The second kappa shape index (κ2) is 7.44. The van der Waals surface area contributed by atoms with Gasteiger partial charge in [0.15, 0.2) is 5.78 Å². The first-order valence-electron chi connectivity index (χ1n) is 7.18. The van der Waals surface area contributed by atoms with Gasteiger partial charge in [-0.2, -0.15) is 0 Å². The maximum atomic E-state index is 12.2. The van der Waals surface area contributed by atoms with Gasteiger partial charge in [-0.05, 0) is 37.8 Å². The van der Waals surface area contributed by atoms with Crippen molar-refractivity contribution in [3.05, 3.63) is 34.4 Å². The summed E-state index contributed by atoms with van der Waals surface area (Å²) in [6, 6.07) is 4.11. The Bertz CT molecular complexity index is 408. The van der Waals surface area contributed by atoms with Crippen molar-refractivity contribution >= 4 is 5.78 Å². The van der Waals surface area contributed by atoms with Gasteiger partial charge < -0.3 is 4.74 Å². The van der Waals surface area contributed by atoms with Gasteiger partial charge in [0.1, 0.15) is 6.61 Å². The Morgan fingerprint density at radius 3 is 2.11 bits per heavy atom. The Kier molecular flexibility index (Phi) is 6.23. The summed E-state index contributed by atoms with van der Waals surface area (Å²) in [6.45, 7) is 11.2. The van der Waals surface area contributed by atoms with E-state index in [1.807, 2.05) is 13.8 Å². The molecule has 2 nitrogen and oxygen atoms in total. The highest BCUT2D eigenvalue weighted by Gasteiger charge is 2.13. The maximum Gasteiger partial charge on any atom is 0.188 e. The minimum Gasteiger partial charge on any atom is -0.373 e. The van der Waals surface area contributed by atoms with Crippen LogP contribution in [0.4, 0.5) is 0 Å². The van der Waals surface area contributed by atoms with Crippen molar-refractivity contribution < 1.29 is 9.53 Å². The number of aryl methyl sites for hydroxylation is 3. The predicted octanol–water partition coefficient (Wildman–Crippen LogP) is 4.25. The van der Waals surface area contributed by atoms with Gasteiger partial charge in [0.2, 0.25) is 0 Å². The smallest absolute Gasteiger partial charge is 0.188 e.